The molecule has 62 valence electrons. The monoisotopic (exact) mass is 179 g/mol. The average molecular weight is 179 g/mol. The van der Waals surface area contributed by atoms with Gasteiger partial charge in [-0.3, -0.25) is 4.79 Å². The minimum atomic E-state index is 0.254. The summed E-state index contributed by atoms with van der Waals surface area (Å²) in [4.78, 5) is 11.4. The van der Waals surface area contributed by atoms with Crippen molar-refractivity contribution < 1.29 is 4.79 Å². The molecule has 1 atom stereocenters. The summed E-state index contributed by atoms with van der Waals surface area (Å²) in [5.74, 6) is 0.254. The molecule has 0 radical (unpaired) electrons. The van der Waals surface area contributed by atoms with Crippen LogP contribution in [0.25, 0.3) is 0 Å². The Hall–Kier alpha value is -0.880. The Balaban J connectivity index is 2.55. The summed E-state index contributed by atoms with van der Waals surface area (Å²) in [7, 11) is 2.63. The van der Waals surface area contributed by atoms with Crippen molar-refractivity contribution in [2.75, 3.05) is 11.2 Å². The lowest BCUT2D eigenvalue weighted by atomic mass is 10.0. The Labute approximate surface area is 73.8 Å². The number of anilines is 1. The van der Waals surface area contributed by atoms with Crippen LogP contribution >= 0.6 is 9.39 Å². The molecular weight excluding hydrogens is 169 g/mol. The second-order valence-corrected chi connectivity index (χ2v) is 3.51. The molecule has 3 heteroatoms. The first-order chi connectivity index (χ1) is 5.79. The molecule has 12 heavy (non-hydrogen) atoms. The highest BCUT2D eigenvalue weighted by Crippen LogP contribution is 2.28. The molecule has 0 N–H and O–H groups in total. The van der Waals surface area contributed by atoms with Gasteiger partial charge in [0.2, 0.25) is 0 Å². The number of Topliss-reactive ketones (excluding diaryl/α,β-unsaturated/α-hetero) is 1. The lowest BCUT2D eigenvalue weighted by Crippen LogP contribution is -2.23. The zero-order valence-electron chi connectivity index (χ0n) is 6.66. The average Bonchev–Trinajstić information content (AvgIpc) is 2.12. The standard InChI is InChI=1S/C9H10NOP/c11-9-5-6-10(12)8-4-2-1-3-7(8)9/h1-4H,5-6,12H2. The van der Waals surface area contributed by atoms with E-state index in [0.29, 0.717) is 6.42 Å². The van der Waals surface area contributed by atoms with Crippen molar-refractivity contribution in [2.45, 2.75) is 6.42 Å². The fourth-order valence-corrected chi connectivity index (χ4v) is 1.79. The Morgan fingerprint density at radius 3 is 2.83 bits per heavy atom. The predicted molar refractivity (Wildman–Crippen MR) is 52.4 cm³/mol. The SMILES string of the molecule is O=C1CCN(P)c2ccccc21. The van der Waals surface area contributed by atoms with E-state index >= 15 is 0 Å². The summed E-state index contributed by atoms with van der Waals surface area (Å²) < 4.78 is 2.04. The molecule has 1 aliphatic rings. The van der Waals surface area contributed by atoms with Crippen LogP contribution < -0.4 is 4.67 Å². The van der Waals surface area contributed by atoms with Gasteiger partial charge in [0, 0.05) is 18.5 Å². The minimum absolute atomic E-state index is 0.254. The molecule has 1 heterocycles. The van der Waals surface area contributed by atoms with Crippen LogP contribution in [-0.4, -0.2) is 12.3 Å². The molecule has 1 unspecified atom stereocenters. The lowest BCUT2D eigenvalue weighted by molar-refractivity contribution is 0.0982. The molecule has 0 fully saturated rings. The van der Waals surface area contributed by atoms with E-state index in [1.807, 2.05) is 28.9 Å². The second-order valence-electron chi connectivity index (χ2n) is 2.88. The molecule has 1 aliphatic heterocycles. The smallest absolute Gasteiger partial charge is 0.166 e. The maximum Gasteiger partial charge on any atom is 0.166 e. The number of para-hydroxylation sites is 1. The topological polar surface area (TPSA) is 20.3 Å². The summed E-state index contributed by atoms with van der Waals surface area (Å²) in [6, 6.07) is 7.71. The number of rotatable bonds is 0. The molecule has 1 aromatic carbocycles. The molecule has 0 aliphatic carbocycles. The van der Waals surface area contributed by atoms with E-state index < -0.39 is 0 Å². The summed E-state index contributed by atoms with van der Waals surface area (Å²) in [6.07, 6.45) is 0.626. The van der Waals surface area contributed by atoms with Gasteiger partial charge in [-0.05, 0) is 21.5 Å². The van der Waals surface area contributed by atoms with Gasteiger partial charge in [-0.1, -0.05) is 12.1 Å². The van der Waals surface area contributed by atoms with Crippen molar-refractivity contribution in [1.29, 1.82) is 0 Å². The van der Waals surface area contributed by atoms with Crippen molar-refractivity contribution in [2.24, 2.45) is 0 Å². The van der Waals surface area contributed by atoms with Gasteiger partial charge in [-0.25, -0.2) is 0 Å². The largest absolute Gasteiger partial charge is 0.355 e. The second kappa shape index (κ2) is 2.87. The molecule has 0 aromatic heterocycles. The van der Waals surface area contributed by atoms with Crippen LogP contribution in [0.3, 0.4) is 0 Å². The highest BCUT2D eigenvalue weighted by molar-refractivity contribution is 7.19. The van der Waals surface area contributed by atoms with E-state index in [1.165, 1.54) is 0 Å². The highest BCUT2D eigenvalue weighted by atomic mass is 31.0. The maximum atomic E-state index is 11.4. The van der Waals surface area contributed by atoms with E-state index in [0.717, 1.165) is 17.8 Å². The molecule has 0 saturated carbocycles. The Morgan fingerprint density at radius 1 is 1.33 bits per heavy atom. The van der Waals surface area contributed by atoms with Gasteiger partial charge in [-0.2, -0.15) is 0 Å². The highest BCUT2D eigenvalue weighted by Gasteiger charge is 2.19. The van der Waals surface area contributed by atoms with Crippen LogP contribution in [0.1, 0.15) is 16.8 Å². The van der Waals surface area contributed by atoms with Crippen LogP contribution in [0, 0.1) is 0 Å². The third kappa shape index (κ3) is 1.12. The third-order valence-corrected chi connectivity index (χ3v) is 2.63. The quantitative estimate of drug-likeness (QED) is 0.566. The molecule has 0 spiro atoms. The van der Waals surface area contributed by atoms with E-state index in [4.69, 9.17) is 0 Å². The van der Waals surface area contributed by atoms with Gasteiger partial charge in [0.1, 0.15) is 0 Å². The van der Waals surface area contributed by atoms with Crippen LogP contribution in [0.4, 0.5) is 5.69 Å². The summed E-state index contributed by atoms with van der Waals surface area (Å²) >= 11 is 0. The number of hydrogen-bond donors (Lipinski definition) is 0. The number of ketones is 1. The van der Waals surface area contributed by atoms with Gasteiger partial charge in [0.25, 0.3) is 0 Å². The number of hydrogen-bond acceptors (Lipinski definition) is 2. The Kier molecular flexibility index (Phi) is 1.86. The summed E-state index contributed by atoms with van der Waals surface area (Å²) in [6.45, 7) is 0.806. The minimum Gasteiger partial charge on any atom is -0.355 e. The number of nitrogens with zero attached hydrogens (tertiary/aromatic N) is 1. The predicted octanol–water partition coefficient (Wildman–Crippen LogP) is 1.87. The zero-order chi connectivity index (χ0) is 8.55. The van der Waals surface area contributed by atoms with Crippen LogP contribution in [0.5, 0.6) is 0 Å². The van der Waals surface area contributed by atoms with Gasteiger partial charge in [-0.15, -0.1) is 0 Å². The molecule has 2 rings (SSSR count). The van der Waals surface area contributed by atoms with Gasteiger partial charge >= 0.3 is 0 Å². The normalized spacial score (nSPS) is 16.1. The first kappa shape index (κ1) is 7.75. The van der Waals surface area contributed by atoms with Crippen LogP contribution in [0.15, 0.2) is 24.3 Å². The summed E-state index contributed by atoms with van der Waals surface area (Å²) in [5, 5.41) is 0. The van der Waals surface area contributed by atoms with Crippen LogP contribution in [-0.2, 0) is 0 Å². The zero-order valence-corrected chi connectivity index (χ0v) is 7.81. The number of benzene rings is 1. The van der Waals surface area contributed by atoms with E-state index in [2.05, 4.69) is 9.39 Å². The molecule has 0 bridgehead atoms. The Morgan fingerprint density at radius 2 is 2.08 bits per heavy atom. The van der Waals surface area contributed by atoms with Gasteiger partial charge in [0.05, 0.1) is 5.69 Å². The van der Waals surface area contributed by atoms with Gasteiger partial charge < -0.3 is 4.67 Å². The maximum absolute atomic E-state index is 11.4. The van der Waals surface area contributed by atoms with Crippen LogP contribution in [0.2, 0.25) is 0 Å². The van der Waals surface area contributed by atoms with Crippen molar-refractivity contribution in [3.05, 3.63) is 29.8 Å². The van der Waals surface area contributed by atoms with E-state index in [1.54, 1.807) is 0 Å². The third-order valence-electron chi connectivity index (χ3n) is 2.09. The first-order valence-corrected chi connectivity index (χ1v) is 4.45. The molecular formula is C9H10NOP. The molecule has 1 aromatic rings. The number of carbonyl (C=O) groups is 1. The fraction of sp³-hybridized carbons (Fsp3) is 0.222. The van der Waals surface area contributed by atoms with E-state index in [9.17, 15) is 4.79 Å². The number of fused-ring (bicyclic) bond motifs is 1. The summed E-state index contributed by atoms with van der Waals surface area (Å²) in [5.41, 5.74) is 1.87. The number of carbonyl (C=O) groups excluding carboxylic acids is 1. The molecule has 0 amide bonds. The lowest BCUT2D eigenvalue weighted by Gasteiger charge is -2.25. The van der Waals surface area contributed by atoms with Crippen molar-refractivity contribution in [3.63, 3.8) is 0 Å². The molecule has 2 nitrogen and oxygen atoms in total. The van der Waals surface area contributed by atoms with Crippen molar-refractivity contribution >= 4 is 20.9 Å². The van der Waals surface area contributed by atoms with E-state index in [-0.39, 0.29) is 5.78 Å². The van der Waals surface area contributed by atoms with Crippen molar-refractivity contribution in [1.82, 2.24) is 0 Å². The first-order valence-electron chi connectivity index (χ1n) is 3.93. The van der Waals surface area contributed by atoms with Crippen molar-refractivity contribution in [3.8, 4) is 0 Å². The Bertz CT molecular complexity index is 324. The van der Waals surface area contributed by atoms with Gasteiger partial charge in [0.15, 0.2) is 5.78 Å². The molecule has 0 saturated heterocycles. The fourth-order valence-electron chi connectivity index (χ4n) is 1.44.